The second kappa shape index (κ2) is 5.75. The largest absolute Gasteiger partial charge is 0.478 e. The standard InChI is InChI=1S/C14H19NO5S/c1-9(2)12-4-3-10(14(17)18)7-13(12)21(19,20)15-6-5-11(15)8-16/h3-4,7,9,11,16H,5-6,8H2,1-2H3,(H,17,18). The molecule has 1 fully saturated rings. The van der Waals surface area contributed by atoms with Crippen LogP contribution in [0.5, 0.6) is 0 Å². The average Bonchev–Trinajstić information content (AvgIpc) is 2.36. The van der Waals surface area contributed by atoms with E-state index in [1.54, 1.807) is 6.07 Å². The lowest BCUT2D eigenvalue weighted by molar-refractivity contribution is 0.0696. The van der Waals surface area contributed by atoms with E-state index < -0.39 is 22.0 Å². The smallest absolute Gasteiger partial charge is 0.335 e. The summed E-state index contributed by atoms with van der Waals surface area (Å²) < 4.78 is 26.6. The lowest BCUT2D eigenvalue weighted by Gasteiger charge is -2.39. The van der Waals surface area contributed by atoms with Crippen molar-refractivity contribution in [3.8, 4) is 0 Å². The highest BCUT2D eigenvalue weighted by Gasteiger charge is 2.39. The fourth-order valence-electron chi connectivity index (χ4n) is 2.41. The van der Waals surface area contributed by atoms with Crippen LogP contribution in [0.15, 0.2) is 23.1 Å². The first-order valence-corrected chi connectivity index (χ1v) is 8.23. The molecule has 1 aliphatic rings. The van der Waals surface area contributed by atoms with Gasteiger partial charge in [0.15, 0.2) is 0 Å². The van der Waals surface area contributed by atoms with E-state index in [-0.39, 0.29) is 23.0 Å². The molecule has 0 saturated carbocycles. The van der Waals surface area contributed by atoms with E-state index in [1.807, 2.05) is 13.8 Å². The predicted octanol–water partition coefficient (Wildman–Crippen LogP) is 1.26. The molecule has 1 aromatic rings. The fourth-order valence-corrected chi connectivity index (χ4v) is 4.45. The highest BCUT2D eigenvalue weighted by Crippen LogP contribution is 2.32. The third-order valence-corrected chi connectivity index (χ3v) is 5.78. The zero-order valence-electron chi connectivity index (χ0n) is 12.0. The minimum Gasteiger partial charge on any atom is -0.478 e. The van der Waals surface area contributed by atoms with Gasteiger partial charge in [-0.3, -0.25) is 0 Å². The predicted molar refractivity (Wildman–Crippen MR) is 76.9 cm³/mol. The van der Waals surface area contributed by atoms with Crippen molar-refractivity contribution < 1.29 is 23.4 Å². The Kier molecular flexibility index (Phi) is 4.36. The number of sulfonamides is 1. The lowest BCUT2D eigenvalue weighted by atomic mass is 10.0. The van der Waals surface area contributed by atoms with E-state index in [4.69, 9.17) is 5.11 Å². The van der Waals surface area contributed by atoms with Crippen LogP contribution in [-0.2, 0) is 10.0 Å². The Labute approximate surface area is 124 Å². The Balaban J connectivity index is 2.54. The van der Waals surface area contributed by atoms with Crippen LogP contribution < -0.4 is 0 Å². The summed E-state index contributed by atoms with van der Waals surface area (Å²) in [5, 5.41) is 18.3. The van der Waals surface area contributed by atoms with Gasteiger partial charge in [-0.05, 0) is 30.0 Å². The molecule has 0 bridgehead atoms. The van der Waals surface area contributed by atoms with Crippen LogP contribution in [0.4, 0.5) is 0 Å². The second-order valence-corrected chi connectivity index (χ2v) is 7.31. The van der Waals surface area contributed by atoms with Gasteiger partial charge in [-0.25, -0.2) is 13.2 Å². The minimum absolute atomic E-state index is 0.0237. The number of aliphatic hydroxyl groups excluding tert-OH is 1. The molecule has 0 amide bonds. The molecule has 6 nitrogen and oxygen atoms in total. The summed E-state index contributed by atoms with van der Waals surface area (Å²) in [4.78, 5) is 11.1. The molecule has 1 saturated heterocycles. The SMILES string of the molecule is CC(C)c1ccc(C(=O)O)cc1S(=O)(=O)N1CCC1CO. The van der Waals surface area contributed by atoms with Crippen LogP contribution in [0.2, 0.25) is 0 Å². The molecule has 1 atom stereocenters. The molecule has 0 radical (unpaired) electrons. The topological polar surface area (TPSA) is 94.9 Å². The molecular formula is C14H19NO5S. The molecule has 116 valence electrons. The monoisotopic (exact) mass is 313 g/mol. The molecule has 0 aliphatic carbocycles. The summed E-state index contributed by atoms with van der Waals surface area (Å²) in [6.45, 7) is 3.83. The highest BCUT2D eigenvalue weighted by atomic mass is 32.2. The summed E-state index contributed by atoms with van der Waals surface area (Å²) >= 11 is 0. The molecule has 1 aliphatic heterocycles. The molecule has 0 aromatic heterocycles. The van der Waals surface area contributed by atoms with Crippen molar-refractivity contribution in [2.75, 3.05) is 13.2 Å². The van der Waals surface area contributed by atoms with Crippen LogP contribution in [0.1, 0.15) is 42.1 Å². The Morgan fingerprint density at radius 2 is 2.10 bits per heavy atom. The van der Waals surface area contributed by atoms with Gasteiger partial charge in [0.1, 0.15) is 0 Å². The molecule has 1 unspecified atom stereocenters. The van der Waals surface area contributed by atoms with E-state index >= 15 is 0 Å². The Hall–Kier alpha value is -1.44. The molecule has 1 heterocycles. The molecule has 2 N–H and O–H groups in total. The Bertz CT molecular complexity index is 651. The van der Waals surface area contributed by atoms with Gasteiger partial charge < -0.3 is 10.2 Å². The van der Waals surface area contributed by atoms with Crippen LogP contribution in [0.3, 0.4) is 0 Å². The van der Waals surface area contributed by atoms with Crippen LogP contribution in [-0.4, -0.2) is 48.1 Å². The number of rotatable bonds is 5. The molecule has 1 aromatic carbocycles. The van der Waals surface area contributed by atoms with Crippen molar-refractivity contribution in [1.29, 1.82) is 0 Å². The first-order chi connectivity index (χ1) is 9.78. The molecular weight excluding hydrogens is 294 g/mol. The van der Waals surface area contributed by atoms with Crippen LogP contribution in [0, 0.1) is 0 Å². The summed E-state index contributed by atoms with van der Waals surface area (Å²) in [7, 11) is -3.79. The zero-order valence-corrected chi connectivity index (χ0v) is 12.8. The van der Waals surface area contributed by atoms with Crippen LogP contribution >= 0.6 is 0 Å². The number of aromatic carboxylic acids is 1. The van der Waals surface area contributed by atoms with Crippen LogP contribution in [0.25, 0.3) is 0 Å². The average molecular weight is 313 g/mol. The van der Waals surface area contributed by atoms with Gasteiger partial charge in [-0.15, -0.1) is 0 Å². The minimum atomic E-state index is -3.79. The lowest BCUT2D eigenvalue weighted by Crippen LogP contribution is -2.52. The van der Waals surface area contributed by atoms with E-state index in [0.29, 0.717) is 18.5 Å². The number of hydrogen-bond acceptors (Lipinski definition) is 4. The van der Waals surface area contributed by atoms with Gasteiger partial charge in [-0.1, -0.05) is 19.9 Å². The molecule has 2 rings (SSSR count). The number of aliphatic hydroxyl groups is 1. The van der Waals surface area contributed by atoms with Crippen molar-refractivity contribution in [3.63, 3.8) is 0 Å². The van der Waals surface area contributed by atoms with Gasteiger partial charge in [-0.2, -0.15) is 4.31 Å². The Morgan fingerprint density at radius 3 is 2.52 bits per heavy atom. The Morgan fingerprint density at radius 1 is 1.43 bits per heavy atom. The summed E-state index contributed by atoms with van der Waals surface area (Å²) in [5.41, 5.74) is 0.530. The molecule has 21 heavy (non-hydrogen) atoms. The number of benzene rings is 1. The van der Waals surface area contributed by atoms with Gasteiger partial charge in [0.05, 0.1) is 17.1 Å². The van der Waals surface area contributed by atoms with Gasteiger partial charge in [0.2, 0.25) is 10.0 Å². The van der Waals surface area contributed by atoms with E-state index in [0.717, 1.165) is 0 Å². The molecule has 7 heteroatoms. The fraction of sp³-hybridized carbons (Fsp3) is 0.500. The van der Waals surface area contributed by atoms with Crippen molar-refractivity contribution >= 4 is 16.0 Å². The van der Waals surface area contributed by atoms with Crippen molar-refractivity contribution in [1.82, 2.24) is 4.31 Å². The molecule has 0 spiro atoms. The highest BCUT2D eigenvalue weighted by molar-refractivity contribution is 7.89. The first-order valence-electron chi connectivity index (χ1n) is 6.79. The third-order valence-electron chi connectivity index (χ3n) is 3.77. The van der Waals surface area contributed by atoms with Gasteiger partial charge in [0, 0.05) is 12.6 Å². The number of hydrogen-bond donors (Lipinski definition) is 2. The normalized spacial score (nSPS) is 19.5. The van der Waals surface area contributed by atoms with Gasteiger partial charge >= 0.3 is 5.97 Å². The quantitative estimate of drug-likeness (QED) is 0.853. The maximum Gasteiger partial charge on any atom is 0.335 e. The van der Waals surface area contributed by atoms with E-state index in [1.165, 1.54) is 16.4 Å². The summed E-state index contributed by atoms with van der Waals surface area (Å²) in [6, 6.07) is 3.76. The van der Waals surface area contributed by atoms with Crippen molar-refractivity contribution in [3.05, 3.63) is 29.3 Å². The first kappa shape index (κ1) is 15.9. The summed E-state index contributed by atoms with van der Waals surface area (Å²) in [6.07, 6.45) is 0.616. The van der Waals surface area contributed by atoms with Crippen molar-refractivity contribution in [2.45, 2.75) is 37.1 Å². The van der Waals surface area contributed by atoms with Crippen molar-refractivity contribution in [2.24, 2.45) is 0 Å². The summed E-state index contributed by atoms with van der Waals surface area (Å²) in [5.74, 6) is -1.21. The number of carbonyl (C=O) groups is 1. The maximum atomic E-state index is 12.7. The number of nitrogens with zero attached hydrogens (tertiary/aromatic N) is 1. The van der Waals surface area contributed by atoms with E-state index in [2.05, 4.69) is 0 Å². The zero-order chi connectivity index (χ0) is 15.8. The number of carboxylic acid groups (broad SMARTS) is 1. The van der Waals surface area contributed by atoms with E-state index in [9.17, 15) is 18.3 Å². The number of carboxylic acids is 1. The van der Waals surface area contributed by atoms with Gasteiger partial charge in [0.25, 0.3) is 0 Å². The second-order valence-electron chi connectivity index (χ2n) is 5.45. The third kappa shape index (κ3) is 2.81. The maximum absolute atomic E-state index is 12.7.